The Labute approximate surface area is 92.8 Å². The smallest absolute Gasteiger partial charge is 0.306 e. The van der Waals surface area contributed by atoms with E-state index in [9.17, 15) is 4.79 Å². The van der Waals surface area contributed by atoms with E-state index in [2.05, 4.69) is 11.8 Å². The molecule has 1 unspecified atom stereocenters. The second-order valence-electron chi connectivity index (χ2n) is 4.64. The van der Waals surface area contributed by atoms with Crippen LogP contribution in [0.15, 0.2) is 0 Å². The Hall–Kier alpha value is -0.570. The van der Waals surface area contributed by atoms with Crippen LogP contribution in [0.25, 0.3) is 0 Å². The lowest BCUT2D eigenvalue weighted by Crippen LogP contribution is -2.36. The molecule has 0 aromatic carbocycles. The summed E-state index contributed by atoms with van der Waals surface area (Å²) in [6.45, 7) is 9.31. The molecule has 88 valence electrons. The van der Waals surface area contributed by atoms with E-state index in [0.29, 0.717) is 12.3 Å². The minimum Gasteiger partial charge on any atom is -0.463 e. The molecule has 1 heterocycles. The van der Waals surface area contributed by atoms with E-state index in [4.69, 9.17) is 4.74 Å². The van der Waals surface area contributed by atoms with Gasteiger partial charge >= 0.3 is 5.97 Å². The van der Waals surface area contributed by atoms with Gasteiger partial charge in [0.2, 0.25) is 0 Å². The average Bonchev–Trinajstić information content (AvgIpc) is 2.16. The third-order valence-corrected chi connectivity index (χ3v) is 2.87. The zero-order valence-electron chi connectivity index (χ0n) is 10.2. The van der Waals surface area contributed by atoms with Crippen molar-refractivity contribution in [1.82, 2.24) is 4.90 Å². The van der Waals surface area contributed by atoms with Crippen molar-refractivity contribution in [3.63, 3.8) is 0 Å². The van der Waals surface area contributed by atoms with E-state index in [-0.39, 0.29) is 12.1 Å². The summed E-state index contributed by atoms with van der Waals surface area (Å²) in [5, 5.41) is 0. The van der Waals surface area contributed by atoms with Crippen LogP contribution in [-0.4, -0.2) is 36.6 Å². The maximum Gasteiger partial charge on any atom is 0.306 e. The Morgan fingerprint density at radius 1 is 1.53 bits per heavy atom. The van der Waals surface area contributed by atoms with Crippen molar-refractivity contribution in [3.05, 3.63) is 0 Å². The molecule has 0 N–H and O–H groups in total. The maximum absolute atomic E-state index is 11.5. The van der Waals surface area contributed by atoms with Crippen molar-refractivity contribution in [2.75, 3.05) is 19.6 Å². The molecular formula is C12H23NO2. The van der Waals surface area contributed by atoms with Crippen LogP contribution in [0, 0.1) is 5.92 Å². The largest absolute Gasteiger partial charge is 0.463 e. The van der Waals surface area contributed by atoms with Gasteiger partial charge in [-0.15, -0.1) is 0 Å². The van der Waals surface area contributed by atoms with Gasteiger partial charge in [-0.05, 0) is 45.7 Å². The highest BCUT2D eigenvalue weighted by atomic mass is 16.5. The molecular weight excluding hydrogens is 190 g/mol. The monoisotopic (exact) mass is 213 g/mol. The zero-order chi connectivity index (χ0) is 11.3. The molecule has 0 bridgehead atoms. The lowest BCUT2D eigenvalue weighted by molar-refractivity contribution is -0.148. The third-order valence-electron chi connectivity index (χ3n) is 2.87. The number of hydrogen-bond acceptors (Lipinski definition) is 3. The van der Waals surface area contributed by atoms with Gasteiger partial charge in [-0.25, -0.2) is 0 Å². The molecule has 1 saturated heterocycles. The van der Waals surface area contributed by atoms with Crippen molar-refractivity contribution in [2.45, 2.75) is 46.1 Å². The van der Waals surface area contributed by atoms with Gasteiger partial charge in [-0.3, -0.25) is 4.79 Å². The van der Waals surface area contributed by atoms with Gasteiger partial charge in [0.05, 0.1) is 6.10 Å². The molecule has 0 amide bonds. The third kappa shape index (κ3) is 4.65. The predicted molar refractivity (Wildman–Crippen MR) is 60.7 cm³/mol. The molecule has 1 aliphatic heterocycles. The first kappa shape index (κ1) is 12.5. The molecule has 1 atom stereocenters. The number of carbonyl (C=O) groups excluding carboxylic acids is 1. The molecule has 0 aromatic rings. The fourth-order valence-corrected chi connectivity index (χ4v) is 2.15. The Morgan fingerprint density at radius 2 is 2.27 bits per heavy atom. The molecule has 1 fully saturated rings. The Bertz CT molecular complexity index is 204. The van der Waals surface area contributed by atoms with Gasteiger partial charge in [0.1, 0.15) is 0 Å². The summed E-state index contributed by atoms with van der Waals surface area (Å²) in [5.41, 5.74) is 0. The second kappa shape index (κ2) is 6.11. The Kier molecular flexibility index (Phi) is 5.09. The molecule has 0 aliphatic carbocycles. The SMILES string of the molecule is CCN1CCCC(CC(=O)OC(C)C)C1. The van der Waals surface area contributed by atoms with Crippen molar-refractivity contribution in [2.24, 2.45) is 5.92 Å². The van der Waals surface area contributed by atoms with Crippen molar-refractivity contribution >= 4 is 5.97 Å². The summed E-state index contributed by atoms with van der Waals surface area (Å²) in [6, 6.07) is 0. The summed E-state index contributed by atoms with van der Waals surface area (Å²) in [5.74, 6) is 0.470. The summed E-state index contributed by atoms with van der Waals surface area (Å²) in [4.78, 5) is 13.9. The second-order valence-corrected chi connectivity index (χ2v) is 4.64. The van der Waals surface area contributed by atoms with Crippen LogP contribution in [-0.2, 0) is 9.53 Å². The fourth-order valence-electron chi connectivity index (χ4n) is 2.15. The van der Waals surface area contributed by atoms with E-state index in [1.807, 2.05) is 13.8 Å². The summed E-state index contributed by atoms with van der Waals surface area (Å²) >= 11 is 0. The van der Waals surface area contributed by atoms with E-state index < -0.39 is 0 Å². The van der Waals surface area contributed by atoms with Gasteiger partial charge in [-0.2, -0.15) is 0 Å². The lowest BCUT2D eigenvalue weighted by Gasteiger charge is -2.31. The van der Waals surface area contributed by atoms with Crippen LogP contribution in [0.2, 0.25) is 0 Å². The summed E-state index contributed by atoms with van der Waals surface area (Å²) < 4.78 is 5.16. The Morgan fingerprint density at radius 3 is 2.87 bits per heavy atom. The molecule has 0 aromatic heterocycles. The number of rotatable bonds is 4. The highest BCUT2D eigenvalue weighted by molar-refractivity contribution is 5.69. The number of carbonyl (C=O) groups is 1. The predicted octanol–water partition coefficient (Wildman–Crippen LogP) is 2.06. The molecule has 3 heteroatoms. The van der Waals surface area contributed by atoms with Crippen LogP contribution in [0.5, 0.6) is 0 Å². The van der Waals surface area contributed by atoms with Gasteiger partial charge in [0, 0.05) is 13.0 Å². The number of esters is 1. The molecule has 1 aliphatic rings. The van der Waals surface area contributed by atoms with Crippen LogP contribution < -0.4 is 0 Å². The normalized spacial score (nSPS) is 23.1. The minimum atomic E-state index is -0.0343. The van der Waals surface area contributed by atoms with E-state index in [1.54, 1.807) is 0 Å². The van der Waals surface area contributed by atoms with E-state index in [1.165, 1.54) is 19.4 Å². The van der Waals surface area contributed by atoms with Gasteiger partial charge in [0.25, 0.3) is 0 Å². The topological polar surface area (TPSA) is 29.5 Å². The highest BCUT2D eigenvalue weighted by Gasteiger charge is 2.22. The molecule has 0 spiro atoms. The molecule has 15 heavy (non-hydrogen) atoms. The van der Waals surface area contributed by atoms with Crippen LogP contribution in [0.1, 0.15) is 40.0 Å². The van der Waals surface area contributed by atoms with E-state index >= 15 is 0 Å². The lowest BCUT2D eigenvalue weighted by atomic mass is 9.95. The zero-order valence-corrected chi connectivity index (χ0v) is 10.2. The first-order valence-corrected chi connectivity index (χ1v) is 6.03. The Balaban J connectivity index is 2.28. The standard InChI is InChI=1S/C12H23NO2/c1-4-13-7-5-6-11(9-13)8-12(14)15-10(2)3/h10-11H,4-9H2,1-3H3. The highest BCUT2D eigenvalue weighted by Crippen LogP contribution is 2.19. The van der Waals surface area contributed by atoms with Crippen molar-refractivity contribution in [1.29, 1.82) is 0 Å². The summed E-state index contributed by atoms with van der Waals surface area (Å²) in [7, 11) is 0. The summed E-state index contributed by atoms with van der Waals surface area (Å²) in [6.07, 6.45) is 3.00. The van der Waals surface area contributed by atoms with Crippen molar-refractivity contribution < 1.29 is 9.53 Å². The molecule has 3 nitrogen and oxygen atoms in total. The van der Waals surface area contributed by atoms with Gasteiger partial charge in [0.15, 0.2) is 0 Å². The fraction of sp³-hybridized carbons (Fsp3) is 0.917. The number of piperidine rings is 1. The average molecular weight is 213 g/mol. The molecule has 0 radical (unpaired) electrons. The molecule has 0 saturated carbocycles. The first-order chi connectivity index (χ1) is 7.11. The van der Waals surface area contributed by atoms with Crippen molar-refractivity contribution in [3.8, 4) is 0 Å². The number of ether oxygens (including phenoxy) is 1. The first-order valence-electron chi connectivity index (χ1n) is 6.03. The number of hydrogen-bond donors (Lipinski definition) is 0. The van der Waals surface area contributed by atoms with Crippen LogP contribution >= 0.6 is 0 Å². The van der Waals surface area contributed by atoms with Gasteiger partial charge in [-0.1, -0.05) is 6.92 Å². The minimum absolute atomic E-state index is 0.0170. The number of nitrogens with zero attached hydrogens (tertiary/aromatic N) is 1. The number of likely N-dealkylation sites (tertiary alicyclic amines) is 1. The van der Waals surface area contributed by atoms with Crippen LogP contribution in [0.3, 0.4) is 0 Å². The molecule has 1 rings (SSSR count). The van der Waals surface area contributed by atoms with Gasteiger partial charge < -0.3 is 9.64 Å². The van der Waals surface area contributed by atoms with E-state index in [0.717, 1.165) is 13.1 Å². The quantitative estimate of drug-likeness (QED) is 0.669. The van der Waals surface area contributed by atoms with Crippen LogP contribution in [0.4, 0.5) is 0 Å². The maximum atomic E-state index is 11.5.